The Morgan fingerprint density at radius 3 is 2.42 bits per heavy atom. The first-order valence-electron chi connectivity index (χ1n) is 7.76. The van der Waals surface area contributed by atoms with Gasteiger partial charge in [-0.2, -0.15) is 0 Å². The molecule has 0 radical (unpaired) electrons. The summed E-state index contributed by atoms with van der Waals surface area (Å²) in [7, 11) is -3.66. The van der Waals surface area contributed by atoms with Crippen LogP contribution in [-0.2, 0) is 14.8 Å². The number of nitrogens with one attached hydrogen (secondary N) is 1. The lowest BCUT2D eigenvalue weighted by Gasteiger charge is -2.24. The van der Waals surface area contributed by atoms with E-state index in [1.165, 1.54) is 0 Å². The van der Waals surface area contributed by atoms with Crippen LogP contribution in [0.5, 0.6) is 11.5 Å². The minimum Gasteiger partial charge on any atom is -0.486 e. The van der Waals surface area contributed by atoms with E-state index in [2.05, 4.69) is 27.9 Å². The third kappa shape index (κ3) is 4.58. The van der Waals surface area contributed by atoms with E-state index in [0.717, 1.165) is 14.1 Å². The molecule has 26 heavy (non-hydrogen) atoms. The van der Waals surface area contributed by atoms with Crippen LogP contribution in [0.15, 0.2) is 42.5 Å². The number of hydrogen-bond donors (Lipinski definition) is 1. The molecule has 0 aromatic heterocycles. The van der Waals surface area contributed by atoms with Gasteiger partial charge in [-0.05, 0) is 59.0 Å². The summed E-state index contributed by atoms with van der Waals surface area (Å²) in [6.07, 6.45) is 1.06. The van der Waals surface area contributed by atoms with E-state index in [-0.39, 0.29) is 6.54 Å². The zero-order valence-corrected chi connectivity index (χ0v) is 16.9. The summed E-state index contributed by atoms with van der Waals surface area (Å²) in [5.74, 6) is 0.573. The number of carbonyl (C=O) groups excluding carboxylic acids is 1. The summed E-state index contributed by atoms with van der Waals surface area (Å²) in [5, 5.41) is 2.70. The zero-order chi connectivity index (χ0) is 18.7. The first kappa shape index (κ1) is 18.8. The van der Waals surface area contributed by atoms with E-state index in [4.69, 9.17) is 9.47 Å². The van der Waals surface area contributed by atoms with Gasteiger partial charge in [-0.15, -0.1) is 0 Å². The second kappa shape index (κ2) is 7.70. The van der Waals surface area contributed by atoms with Gasteiger partial charge < -0.3 is 14.8 Å². The molecule has 0 fully saturated rings. The van der Waals surface area contributed by atoms with Crippen molar-refractivity contribution >= 4 is 49.9 Å². The molecule has 1 aliphatic rings. The SMILES string of the molecule is CS(=O)(=O)N(CC(=O)Nc1ccc(I)cc1)c1ccc2c(c1)OCCO2. The van der Waals surface area contributed by atoms with Crippen molar-refractivity contribution in [3.05, 3.63) is 46.0 Å². The largest absolute Gasteiger partial charge is 0.486 e. The number of sulfonamides is 1. The molecule has 0 atom stereocenters. The number of amides is 1. The predicted octanol–water partition coefficient (Wildman–Crippen LogP) is 2.47. The van der Waals surface area contributed by atoms with Crippen molar-refractivity contribution < 1.29 is 22.7 Å². The minimum absolute atomic E-state index is 0.342. The smallest absolute Gasteiger partial charge is 0.245 e. The van der Waals surface area contributed by atoms with Crippen molar-refractivity contribution in [3.63, 3.8) is 0 Å². The van der Waals surface area contributed by atoms with E-state index in [9.17, 15) is 13.2 Å². The fourth-order valence-corrected chi connectivity index (χ4v) is 3.66. The van der Waals surface area contributed by atoms with Crippen LogP contribution in [0.2, 0.25) is 0 Å². The van der Waals surface area contributed by atoms with Gasteiger partial charge in [0, 0.05) is 15.3 Å². The van der Waals surface area contributed by atoms with Gasteiger partial charge >= 0.3 is 0 Å². The number of carbonyl (C=O) groups is 1. The Bertz CT molecular complexity index is 915. The van der Waals surface area contributed by atoms with Gasteiger partial charge in [-0.3, -0.25) is 9.10 Å². The molecule has 0 aliphatic carbocycles. The van der Waals surface area contributed by atoms with Gasteiger partial charge in [0.1, 0.15) is 19.8 Å². The molecule has 0 saturated heterocycles. The molecule has 1 N–H and O–H groups in total. The Kier molecular flexibility index (Phi) is 5.56. The molecule has 1 heterocycles. The van der Waals surface area contributed by atoms with Crippen molar-refractivity contribution in [2.24, 2.45) is 0 Å². The molecule has 1 amide bonds. The molecule has 2 aromatic rings. The average molecular weight is 488 g/mol. The van der Waals surface area contributed by atoms with Crippen LogP contribution in [0, 0.1) is 3.57 Å². The molecule has 138 valence electrons. The van der Waals surface area contributed by atoms with E-state index < -0.39 is 15.9 Å². The lowest BCUT2D eigenvalue weighted by Crippen LogP contribution is -2.37. The third-order valence-corrected chi connectivity index (χ3v) is 5.49. The van der Waals surface area contributed by atoms with Crippen molar-refractivity contribution in [1.29, 1.82) is 0 Å². The fraction of sp³-hybridized carbons (Fsp3) is 0.235. The van der Waals surface area contributed by atoms with E-state index in [1.807, 2.05) is 12.1 Å². The minimum atomic E-state index is -3.66. The standard InChI is InChI=1S/C17H17IN2O5S/c1-26(22,23)20(11-17(21)19-13-4-2-12(18)3-5-13)14-6-7-15-16(10-14)25-9-8-24-15/h2-7,10H,8-9,11H2,1H3,(H,19,21). The molecule has 7 nitrogen and oxygen atoms in total. The van der Waals surface area contributed by atoms with Crippen molar-refractivity contribution in [2.75, 3.05) is 35.6 Å². The molecule has 0 unspecified atom stereocenters. The van der Waals surface area contributed by atoms with Crippen LogP contribution in [0.1, 0.15) is 0 Å². The molecule has 0 spiro atoms. The van der Waals surface area contributed by atoms with Crippen molar-refractivity contribution in [1.82, 2.24) is 0 Å². The monoisotopic (exact) mass is 488 g/mol. The molecule has 3 rings (SSSR count). The van der Waals surface area contributed by atoms with Gasteiger partial charge in [0.25, 0.3) is 0 Å². The first-order valence-corrected chi connectivity index (χ1v) is 10.7. The Balaban J connectivity index is 1.80. The number of ether oxygens (including phenoxy) is 2. The van der Waals surface area contributed by atoms with Crippen molar-refractivity contribution in [3.8, 4) is 11.5 Å². The topological polar surface area (TPSA) is 84.9 Å². The zero-order valence-electron chi connectivity index (χ0n) is 13.9. The summed E-state index contributed by atoms with van der Waals surface area (Å²) >= 11 is 2.16. The molecule has 0 saturated carbocycles. The second-order valence-corrected chi connectivity index (χ2v) is 8.81. The first-order chi connectivity index (χ1) is 12.3. The predicted molar refractivity (Wildman–Crippen MR) is 107 cm³/mol. The number of rotatable bonds is 5. The number of anilines is 2. The molecule has 2 aromatic carbocycles. The maximum Gasteiger partial charge on any atom is 0.245 e. The third-order valence-electron chi connectivity index (χ3n) is 3.63. The maximum atomic E-state index is 12.3. The number of benzene rings is 2. The summed E-state index contributed by atoms with van der Waals surface area (Å²) in [6, 6.07) is 12.0. The highest BCUT2D eigenvalue weighted by Gasteiger charge is 2.23. The Morgan fingerprint density at radius 2 is 1.77 bits per heavy atom. The number of fused-ring (bicyclic) bond motifs is 1. The van der Waals surface area contributed by atoms with E-state index >= 15 is 0 Å². The number of halogens is 1. The fourth-order valence-electron chi connectivity index (χ4n) is 2.45. The summed E-state index contributed by atoms with van der Waals surface area (Å²) in [6.45, 7) is 0.494. The summed E-state index contributed by atoms with van der Waals surface area (Å²) in [5.41, 5.74) is 0.945. The Labute approximate surface area is 165 Å². The van der Waals surface area contributed by atoms with Gasteiger partial charge in [0.05, 0.1) is 11.9 Å². The van der Waals surface area contributed by atoms with Gasteiger partial charge in [0.15, 0.2) is 11.5 Å². The average Bonchev–Trinajstić information content (AvgIpc) is 2.60. The molecule has 9 heteroatoms. The molecular weight excluding hydrogens is 471 g/mol. The normalized spacial score (nSPS) is 13.2. The van der Waals surface area contributed by atoms with E-state index in [1.54, 1.807) is 30.3 Å². The van der Waals surface area contributed by atoms with Crippen LogP contribution in [-0.4, -0.2) is 40.3 Å². The van der Waals surface area contributed by atoms with Gasteiger partial charge in [-0.25, -0.2) is 8.42 Å². The van der Waals surface area contributed by atoms with Crippen molar-refractivity contribution in [2.45, 2.75) is 0 Å². The van der Waals surface area contributed by atoms with Crippen LogP contribution >= 0.6 is 22.6 Å². The Morgan fingerprint density at radius 1 is 1.12 bits per heavy atom. The summed E-state index contributed by atoms with van der Waals surface area (Å²) < 4.78 is 37.4. The van der Waals surface area contributed by atoms with Crippen LogP contribution in [0.4, 0.5) is 11.4 Å². The lowest BCUT2D eigenvalue weighted by molar-refractivity contribution is -0.114. The lowest BCUT2D eigenvalue weighted by atomic mass is 10.2. The Hall–Kier alpha value is -2.01. The van der Waals surface area contributed by atoms with E-state index in [0.29, 0.717) is 36.1 Å². The highest BCUT2D eigenvalue weighted by atomic mass is 127. The molecular formula is C17H17IN2O5S. The van der Waals surface area contributed by atoms with Crippen LogP contribution < -0.4 is 19.1 Å². The second-order valence-electron chi connectivity index (χ2n) is 5.65. The molecule has 1 aliphatic heterocycles. The highest BCUT2D eigenvalue weighted by molar-refractivity contribution is 14.1. The number of hydrogen-bond acceptors (Lipinski definition) is 5. The summed E-state index contributed by atoms with van der Waals surface area (Å²) in [4.78, 5) is 12.3. The van der Waals surface area contributed by atoms with Gasteiger partial charge in [-0.1, -0.05) is 0 Å². The molecule has 0 bridgehead atoms. The maximum absolute atomic E-state index is 12.3. The number of nitrogens with zero attached hydrogens (tertiary/aromatic N) is 1. The van der Waals surface area contributed by atoms with Crippen LogP contribution in [0.3, 0.4) is 0 Å². The quantitative estimate of drug-likeness (QED) is 0.654. The van der Waals surface area contributed by atoms with Gasteiger partial charge in [0.2, 0.25) is 15.9 Å². The van der Waals surface area contributed by atoms with Crippen LogP contribution in [0.25, 0.3) is 0 Å². The highest BCUT2D eigenvalue weighted by Crippen LogP contribution is 2.34.